The summed E-state index contributed by atoms with van der Waals surface area (Å²) in [6.45, 7) is 5.38. The van der Waals surface area contributed by atoms with Crippen molar-refractivity contribution in [2.24, 2.45) is 0 Å². The lowest BCUT2D eigenvalue weighted by molar-refractivity contribution is 0.288. The number of pyridine rings is 1. The number of ether oxygens (including phenoxy) is 2. The lowest BCUT2D eigenvalue weighted by Crippen LogP contribution is -2.06. The molecule has 0 saturated heterocycles. The second kappa shape index (κ2) is 8.28. The first-order chi connectivity index (χ1) is 13.2. The van der Waals surface area contributed by atoms with E-state index in [4.69, 9.17) is 15.2 Å². The normalized spacial score (nSPS) is 10.4. The number of nitrogens with zero attached hydrogens (tertiary/aromatic N) is 2. The highest BCUT2D eigenvalue weighted by Crippen LogP contribution is 2.36. The van der Waals surface area contributed by atoms with E-state index in [1.807, 2.05) is 50.2 Å². The highest BCUT2D eigenvalue weighted by atomic mass is 16.5. The predicted molar refractivity (Wildman–Crippen MR) is 107 cm³/mol. The van der Waals surface area contributed by atoms with Crippen LogP contribution in [-0.2, 0) is 6.54 Å². The number of aromatic nitrogens is 1. The van der Waals surface area contributed by atoms with Crippen molar-refractivity contribution in [2.45, 2.75) is 20.4 Å². The molecule has 0 spiro atoms. The Bertz CT molecular complexity index is 995. The lowest BCUT2D eigenvalue weighted by Gasteiger charge is -2.16. The van der Waals surface area contributed by atoms with Gasteiger partial charge < -0.3 is 20.5 Å². The molecule has 0 saturated carbocycles. The summed E-state index contributed by atoms with van der Waals surface area (Å²) in [5.41, 5.74) is 9.59. The van der Waals surface area contributed by atoms with Crippen molar-refractivity contribution in [3.8, 4) is 17.6 Å². The van der Waals surface area contributed by atoms with Gasteiger partial charge in [0.15, 0.2) is 11.5 Å². The molecule has 0 aliphatic rings. The molecule has 3 rings (SSSR count). The fourth-order valence-corrected chi connectivity index (χ4v) is 2.89. The summed E-state index contributed by atoms with van der Waals surface area (Å²) < 4.78 is 11.4. The molecule has 0 amide bonds. The average molecular weight is 362 g/mol. The third kappa shape index (κ3) is 3.87. The van der Waals surface area contributed by atoms with Crippen LogP contribution in [0.2, 0.25) is 0 Å². The minimum absolute atomic E-state index is 0.462. The van der Waals surface area contributed by atoms with E-state index in [2.05, 4.69) is 16.4 Å². The third-order valence-corrected chi connectivity index (χ3v) is 4.16. The zero-order chi connectivity index (χ0) is 19.2. The first-order valence-corrected chi connectivity index (χ1v) is 8.87. The van der Waals surface area contributed by atoms with Gasteiger partial charge in [-0.15, -0.1) is 0 Å². The Morgan fingerprint density at radius 3 is 2.48 bits per heavy atom. The summed E-state index contributed by atoms with van der Waals surface area (Å²) in [7, 11) is 0. The zero-order valence-electron chi connectivity index (χ0n) is 15.5. The highest BCUT2D eigenvalue weighted by molar-refractivity contribution is 5.96. The van der Waals surface area contributed by atoms with E-state index in [0.717, 1.165) is 16.5 Å². The van der Waals surface area contributed by atoms with Gasteiger partial charge >= 0.3 is 0 Å². The van der Waals surface area contributed by atoms with E-state index >= 15 is 0 Å². The number of nitrogen functional groups attached to an aromatic ring is 1. The number of anilines is 2. The van der Waals surface area contributed by atoms with Crippen molar-refractivity contribution in [1.82, 2.24) is 4.98 Å². The Kier molecular flexibility index (Phi) is 5.62. The Morgan fingerprint density at radius 1 is 1.11 bits per heavy atom. The van der Waals surface area contributed by atoms with Crippen molar-refractivity contribution >= 4 is 22.3 Å². The van der Waals surface area contributed by atoms with Gasteiger partial charge in [-0.3, -0.25) is 4.98 Å². The second-order valence-corrected chi connectivity index (χ2v) is 5.89. The average Bonchev–Trinajstić information content (AvgIpc) is 2.68. The molecule has 27 heavy (non-hydrogen) atoms. The molecule has 2 aromatic carbocycles. The van der Waals surface area contributed by atoms with E-state index in [-0.39, 0.29) is 0 Å². The molecule has 0 bridgehead atoms. The number of fused-ring (bicyclic) bond motifs is 1. The fourth-order valence-electron chi connectivity index (χ4n) is 2.89. The van der Waals surface area contributed by atoms with Gasteiger partial charge in [0.25, 0.3) is 0 Å². The summed E-state index contributed by atoms with van der Waals surface area (Å²) >= 11 is 0. The molecule has 0 atom stereocenters. The Labute approximate surface area is 158 Å². The summed E-state index contributed by atoms with van der Waals surface area (Å²) in [4.78, 5) is 4.41. The van der Waals surface area contributed by atoms with Crippen molar-refractivity contribution in [1.29, 1.82) is 5.26 Å². The van der Waals surface area contributed by atoms with Crippen LogP contribution in [0, 0.1) is 11.3 Å². The molecular formula is C21H22N4O2. The largest absolute Gasteiger partial charge is 0.490 e. The predicted octanol–water partition coefficient (Wildman–Crippen LogP) is 4.10. The molecule has 1 aromatic heterocycles. The zero-order valence-corrected chi connectivity index (χ0v) is 15.5. The monoisotopic (exact) mass is 362 g/mol. The smallest absolute Gasteiger partial charge is 0.163 e. The van der Waals surface area contributed by atoms with Crippen molar-refractivity contribution < 1.29 is 9.47 Å². The Balaban J connectivity index is 2.07. The molecule has 1 heterocycles. The van der Waals surface area contributed by atoms with Crippen LogP contribution in [0.15, 0.2) is 42.6 Å². The Hall–Kier alpha value is -3.46. The number of benzene rings is 2. The van der Waals surface area contributed by atoms with Gasteiger partial charge in [-0.25, -0.2) is 0 Å². The van der Waals surface area contributed by atoms with Crippen LogP contribution in [0.25, 0.3) is 10.9 Å². The minimum atomic E-state index is 0.462. The number of nitrogens with one attached hydrogen (secondary N) is 1. The standard InChI is InChI=1S/C21H22N4O2/c1-3-26-19-9-16-18(10-20(19)27-4-2)24-13-15(11-22)21(16)25-12-14-7-5-6-8-17(14)23/h5-10,13H,3-4,12,23H2,1-2H3,(H,24,25). The van der Waals surface area contributed by atoms with Crippen molar-refractivity contribution in [3.63, 3.8) is 0 Å². The number of rotatable bonds is 7. The van der Waals surface area contributed by atoms with E-state index < -0.39 is 0 Å². The topological polar surface area (TPSA) is 93.2 Å². The van der Waals surface area contributed by atoms with Gasteiger partial charge in [-0.2, -0.15) is 5.26 Å². The van der Waals surface area contributed by atoms with Gasteiger partial charge in [-0.1, -0.05) is 18.2 Å². The molecule has 138 valence electrons. The van der Waals surface area contributed by atoms with Gasteiger partial charge in [0.05, 0.1) is 30.0 Å². The van der Waals surface area contributed by atoms with Crippen LogP contribution in [0.3, 0.4) is 0 Å². The molecule has 0 aliphatic carbocycles. The molecule has 3 aromatic rings. The quantitative estimate of drug-likeness (QED) is 0.615. The van der Waals surface area contributed by atoms with Gasteiger partial charge in [0, 0.05) is 29.9 Å². The van der Waals surface area contributed by atoms with Crippen LogP contribution in [0.5, 0.6) is 11.5 Å². The van der Waals surface area contributed by atoms with Crippen molar-refractivity contribution in [3.05, 3.63) is 53.7 Å². The lowest BCUT2D eigenvalue weighted by atomic mass is 10.1. The first kappa shape index (κ1) is 18.3. The molecule has 0 unspecified atom stereocenters. The van der Waals surface area contributed by atoms with Crippen LogP contribution >= 0.6 is 0 Å². The highest BCUT2D eigenvalue weighted by Gasteiger charge is 2.14. The maximum Gasteiger partial charge on any atom is 0.163 e. The van der Waals surface area contributed by atoms with E-state index in [1.165, 1.54) is 0 Å². The summed E-state index contributed by atoms with van der Waals surface area (Å²) in [6.07, 6.45) is 1.56. The maximum absolute atomic E-state index is 9.53. The first-order valence-electron chi connectivity index (χ1n) is 8.87. The van der Waals surface area contributed by atoms with Crippen LogP contribution in [0.4, 0.5) is 11.4 Å². The van der Waals surface area contributed by atoms with Crippen LogP contribution in [-0.4, -0.2) is 18.2 Å². The summed E-state index contributed by atoms with van der Waals surface area (Å²) in [6, 6.07) is 13.6. The second-order valence-electron chi connectivity index (χ2n) is 5.89. The molecule has 0 radical (unpaired) electrons. The molecular weight excluding hydrogens is 340 g/mol. The van der Waals surface area contributed by atoms with Gasteiger partial charge in [-0.05, 0) is 31.5 Å². The van der Waals surface area contributed by atoms with Crippen LogP contribution < -0.4 is 20.5 Å². The van der Waals surface area contributed by atoms with E-state index in [9.17, 15) is 5.26 Å². The molecule has 6 nitrogen and oxygen atoms in total. The summed E-state index contributed by atoms with van der Waals surface area (Å²) in [5.74, 6) is 1.27. The number of hydrogen-bond acceptors (Lipinski definition) is 6. The minimum Gasteiger partial charge on any atom is -0.490 e. The fraction of sp³-hybridized carbons (Fsp3) is 0.238. The van der Waals surface area contributed by atoms with E-state index in [0.29, 0.717) is 48.2 Å². The SMILES string of the molecule is CCOc1cc2ncc(C#N)c(NCc3ccccc3N)c2cc1OCC. The number of nitrogens with two attached hydrogens (primary N) is 1. The molecule has 6 heteroatoms. The Morgan fingerprint density at radius 2 is 1.81 bits per heavy atom. The third-order valence-electron chi connectivity index (χ3n) is 4.16. The summed E-state index contributed by atoms with van der Waals surface area (Å²) in [5, 5.41) is 13.7. The van der Waals surface area contributed by atoms with E-state index in [1.54, 1.807) is 6.20 Å². The van der Waals surface area contributed by atoms with Gasteiger partial charge in [0.2, 0.25) is 0 Å². The molecule has 0 fully saturated rings. The van der Waals surface area contributed by atoms with Crippen molar-refractivity contribution in [2.75, 3.05) is 24.3 Å². The number of nitriles is 1. The molecule has 0 aliphatic heterocycles. The number of hydrogen-bond donors (Lipinski definition) is 2. The maximum atomic E-state index is 9.53. The van der Waals surface area contributed by atoms with Gasteiger partial charge in [0.1, 0.15) is 6.07 Å². The van der Waals surface area contributed by atoms with Crippen LogP contribution in [0.1, 0.15) is 25.0 Å². The molecule has 3 N–H and O–H groups in total. The number of para-hydroxylation sites is 1.